The van der Waals surface area contributed by atoms with Gasteiger partial charge in [0.15, 0.2) is 0 Å². The van der Waals surface area contributed by atoms with Gasteiger partial charge < -0.3 is 10.3 Å². The van der Waals surface area contributed by atoms with Gasteiger partial charge in [-0.05, 0) is 6.92 Å². The van der Waals surface area contributed by atoms with Gasteiger partial charge in [-0.3, -0.25) is 0 Å². The fourth-order valence-corrected chi connectivity index (χ4v) is 0.595. The van der Waals surface area contributed by atoms with E-state index in [1.807, 2.05) is 0 Å². The number of hydrogen-bond acceptors (Lipinski definition) is 4. The molecule has 1 aromatic rings. The minimum absolute atomic E-state index is 0.530. The van der Waals surface area contributed by atoms with Crippen LogP contribution in [0, 0.1) is 0 Å². The molecule has 0 aliphatic carbocycles. The summed E-state index contributed by atoms with van der Waals surface area (Å²) in [6.07, 6.45) is 1.42. The Balaban J connectivity index is 2.65. The summed E-state index contributed by atoms with van der Waals surface area (Å²) in [5.41, 5.74) is 7.96. The van der Waals surface area contributed by atoms with Gasteiger partial charge in [0.2, 0.25) is 0 Å². The summed E-state index contributed by atoms with van der Waals surface area (Å²) >= 11 is 0. The molecule has 0 saturated heterocycles. The topological polar surface area (TPSA) is 93.5 Å². The molecule has 64 valence electrons. The van der Waals surface area contributed by atoms with Gasteiger partial charge >= 0.3 is 6.03 Å². The number of urea groups is 1. The first-order chi connectivity index (χ1) is 5.70. The molecule has 0 fully saturated rings. The largest absolute Gasteiger partial charge is 0.364 e. The lowest BCUT2D eigenvalue weighted by atomic mass is 10.3. The van der Waals surface area contributed by atoms with Crippen molar-refractivity contribution >= 4 is 11.7 Å². The van der Waals surface area contributed by atoms with E-state index in [0.29, 0.717) is 11.4 Å². The van der Waals surface area contributed by atoms with E-state index in [1.165, 1.54) is 6.26 Å². The number of aromatic nitrogens is 1. The zero-order valence-corrected chi connectivity index (χ0v) is 6.44. The van der Waals surface area contributed by atoms with Gasteiger partial charge in [0.05, 0.1) is 5.71 Å². The van der Waals surface area contributed by atoms with Crippen LogP contribution in [0.2, 0.25) is 0 Å². The number of carbonyl (C=O) groups excluding carboxylic acids is 1. The predicted octanol–water partition coefficient (Wildman–Crippen LogP) is 0.0669. The van der Waals surface area contributed by atoms with Crippen LogP contribution in [-0.4, -0.2) is 16.9 Å². The summed E-state index contributed by atoms with van der Waals surface area (Å²) in [6.45, 7) is 1.67. The molecule has 0 atom stereocenters. The lowest BCUT2D eigenvalue weighted by Gasteiger charge is -1.93. The maximum absolute atomic E-state index is 10.2. The molecule has 0 unspecified atom stereocenters. The smallest absolute Gasteiger partial charge is 0.332 e. The highest BCUT2D eigenvalue weighted by atomic mass is 16.5. The molecule has 1 rings (SSSR count). The van der Waals surface area contributed by atoms with Gasteiger partial charge in [0, 0.05) is 6.07 Å². The lowest BCUT2D eigenvalue weighted by Crippen LogP contribution is -2.25. The molecule has 0 aliphatic rings. The third-order valence-corrected chi connectivity index (χ3v) is 1.14. The van der Waals surface area contributed by atoms with Crippen LogP contribution >= 0.6 is 0 Å². The summed E-state index contributed by atoms with van der Waals surface area (Å²) in [4.78, 5) is 10.2. The number of hydrazone groups is 1. The van der Waals surface area contributed by atoms with E-state index >= 15 is 0 Å². The fraction of sp³-hybridized carbons (Fsp3) is 0.167. The van der Waals surface area contributed by atoms with Crippen LogP contribution in [0.15, 0.2) is 22.0 Å². The average molecular weight is 168 g/mol. The molecule has 0 radical (unpaired) electrons. The molecular formula is C6H8N4O2. The molecule has 1 aromatic heterocycles. The van der Waals surface area contributed by atoms with Gasteiger partial charge in [-0.25, -0.2) is 10.2 Å². The highest BCUT2D eigenvalue weighted by Gasteiger charge is 2.00. The summed E-state index contributed by atoms with van der Waals surface area (Å²) in [5, 5.41) is 7.23. The van der Waals surface area contributed by atoms with E-state index in [9.17, 15) is 4.79 Å². The zero-order valence-electron chi connectivity index (χ0n) is 6.44. The maximum Gasteiger partial charge on any atom is 0.332 e. The number of nitrogens with two attached hydrogens (primary N) is 1. The van der Waals surface area contributed by atoms with E-state index in [4.69, 9.17) is 5.73 Å². The molecule has 6 heteroatoms. The maximum atomic E-state index is 10.2. The summed E-state index contributed by atoms with van der Waals surface area (Å²) in [6, 6.07) is 0.916. The number of nitrogens with zero attached hydrogens (tertiary/aromatic N) is 2. The Bertz CT molecular complexity index is 291. The first-order valence-corrected chi connectivity index (χ1v) is 3.20. The molecule has 0 spiro atoms. The molecule has 0 aromatic carbocycles. The molecule has 0 aliphatic heterocycles. The average Bonchev–Trinajstić information content (AvgIpc) is 2.51. The van der Waals surface area contributed by atoms with Crippen molar-refractivity contribution in [2.75, 3.05) is 0 Å². The summed E-state index contributed by atoms with van der Waals surface area (Å²) in [5.74, 6) is 0. The normalized spacial score (nSPS) is 11.2. The van der Waals surface area contributed by atoms with Gasteiger partial charge in [0.1, 0.15) is 12.0 Å². The number of primary amides is 1. The van der Waals surface area contributed by atoms with Crippen LogP contribution in [0.5, 0.6) is 0 Å². The second kappa shape index (κ2) is 3.51. The van der Waals surface area contributed by atoms with Crippen LogP contribution in [0.3, 0.4) is 0 Å². The monoisotopic (exact) mass is 168 g/mol. The minimum Gasteiger partial charge on any atom is -0.364 e. The van der Waals surface area contributed by atoms with Gasteiger partial charge in [-0.15, -0.1) is 0 Å². The standard InChI is InChI=1S/C6H8N4O2/c1-4(8-9-6(7)11)5-2-3-12-10-5/h2-3H,1H3,(H3,7,9,11)/b8-4+. The third kappa shape index (κ3) is 2.08. The number of rotatable bonds is 2. The predicted molar refractivity (Wildman–Crippen MR) is 41.4 cm³/mol. The van der Waals surface area contributed by atoms with Crippen molar-refractivity contribution < 1.29 is 9.32 Å². The van der Waals surface area contributed by atoms with Gasteiger partial charge in [0.25, 0.3) is 0 Å². The number of carbonyl (C=O) groups is 1. The Morgan fingerprint density at radius 1 is 1.83 bits per heavy atom. The molecule has 2 amide bonds. The third-order valence-electron chi connectivity index (χ3n) is 1.14. The molecule has 6 nitrogen and oxygen atoms in total. The molecular weight excluding hydrogens is 160 g/mol. The van der Waals surface area contributed by atoms with Crippen molar-refractivity contribution in [1.82, 2.24) is 10.6 Å². The van der Waals surface area contributed by atoms with Crippen LogP contribution in [0.4, 0.5) is 4.79 Å². The molecule has 0 bridgehead atoms. The van der Waals surface area contributed by atoms with E-state index in [1.54, 1.807) is 13.0 Å². The molecule has 1 heterocycles. The van der Waals surface area contributed by atoms with E-state index in [0.717, 1.165) is 0 Å². The molecule has 0 saturated carbocycles. The number of nitrogens with one attached hydrogen (secondary N) is 1. The Labute approximate surface area is 68.4 Å². The first-order valence-electron chi connectivity index (χ1n) is 3.20. The van der Waals surface area contributed by atoms with Crippen LogP contribution in [-0.2, 0) is 0 Å². The SMILES string of the molecule is C/C(=N\NC(N)=O)c1ccon1. The minimum atomic E-state index is -0.710. The molecule has 12 heavy (non-hydrogen) atoms. The van der Waals surface area contributed by atoms with Gasteiger partial charge in [-0.1, -0.05) is 5.16 Å². The van der Waals surface area contributed by atoms with Crippen molar-refractivity contribution in [2.24, 2.45) is 10.8 Å². The van der Waals surface area contributed by atoms with Crippen molar-refractivity contribution in [3.8, 4) is 0 Å². The van der Waals surface area contributed by atoms with Crippen molar-refractivity contribution in [3.63, 3.8) is 0 Å². The van der Waals surface area contributed by atoms with Crippen LogP contribution in [0.25, 0.3) is 0 Å². The first kappa shape index (κ1) is 8.25. The van der Waals surface area contributed by atoms with Crippen molar-refractivity contribution in [2.45, 2.75) is 6.92 Å². The van der Waals surface area contributed by atoms with Crippen molar-refractivity contribution in [3.05, 3.63) is 18.0 Å². The van der Waals surface area contributed by atoms with Crippen LogP contribution < -0.4 is 11.2 Å². The van der Waals surface area contributed by atoms with Crippen molar-refractivity contribution in [1.29, 1.82) is 0 Å². The van der Waals surface area contributed by atoms with E-state index in [-0.39, 0.29) is 0 Å². The Morgan fingerprint density at radius 3 is 3.08 bits per heavy atom. The summed E-state index contributed by atoms with van der Waals surface area (Å²) in [7, 11) is 0. The van der Waals surface area contributed by atoms with Gasteiger partial charge in [-0.2, -0.15) is 5.10 Å². The Hall–Kier alpha value is -1.85. The Morgan fingerprint density at radius 2 is 2.58 bits per heavy atom. The van der Waals surface area contributed by atoms with E-state index in [2.05, 4.69) is 20.2 Å². The second-order valence-corrected chi connectivity index (χ2v) is 2.06. The second-order valence-electron chi connectivity index (χ2n) is 2.06. The number of hydrogen-bond donors (Lipinski definition) is 2. The summed E-state index contributed by atoms with van der Waals surface area (Å²) < 4.78 is 4.57. The highest BCUT2D eigenvalue weighted by molar-refractivity contribution is 5.97. The highest BCUT2D eigenvalue weighted by Crippen LogP contribution is 1.95. The number of amides is 2. The van der Waals surface area contributed by atoms with Crippen LogP contribution in [0.1, 0.15) is 12.6 Å². The lowest BCUT2D eigenvalue weighted by molar-refractivity contribution is 0.249. The quantitative estimate of drug-likeness (QED) is 0.483. The Kier molecular flexibility index (Phi) is 2.42. The molecule has 3 N–H and O–H groups in total. The zero-order chi connectivity index (χ0) is 8.97. The fourth-order valence-electron chi connectivity index (χ4n) is 0.595. The van der Waals surface area contributed by atoms with E-state index < -0.39 is 6.03 Å².